The summed E-state index contributed by atoms with van der Waals surface area (Å²) in [6, 6.07) is 3.37. The number of anilines is 1. The summed E-state index contributed by atoms with van der Waals surface area (Å²) in [6.07, 6.45) is -1.19. The molecule has 1 heterocycles. The van der Waals surface area contributed by atoms with Crippen molar-refractivity contribution in [3.8, 4) is 5.75 Å². The number of ether oxygens (including phenoxy) is 1. The predicted molar refractivity (Wildman–Crippen MR) is 61.2 cm³/mol. The van der Waals surface area contributed by atoms with Crippen molar-refractivity contribution < 1.29 is 10.9 Å². The first kappa shape index (κ1) is 9.03. The summed E-state index contributed by atoms with van der Waals surface area (Å²) >= 11 is 3.31. The van der Waals surface area contributed by atoms with Crippen molar-refractivity contribution in [3.05, 3.63) is 22.2 Å². The Morgan fingerprint density at radius 2 is 2.27 bits per heavy atom. The Bertz CT molecular complexity index is 462. The standard InChI is InChI=1S/C10H11BrN2O2/c1-5-12-8-4-9(15-2)7(11)3-6(8)10(14)13-5/h3-5,12H,1-2H3,(H,13,14)/i5D. The highest BCUT2D eigenvalue weighted by molar-refractivity contribution is 9.10. The molecule has 0 aromatic heterocycles. The van der Waals surface area contributed by atoms with E-state index >= 15 is 0 Å². The van der Waals surface area contributed by atoms with Crippen molar-refractivity contribution in [2.24, 2.45) is 0 Å². The molecule has 2 N–H and O–H groups in total. The molecule has 80 valence electrons. The summed E-state index contributed by atoms with van der Waals surface area (Å²) in [5.41, 5.74) is 1.10. The van der Waals surface area contributed by atoms with Gasteiger partial charge in [0.1, 0.15) is 5.75 Å². The lowest BCUT2D eigenvalue weighted by Gasteiger charge is -2.25. The molecule has 1 aliphatic rings. The normalized spacial score (nSPS) is 24.7. The lowest BCUT2D eigenvalue weighted by molar-refractivity contribution is 0.0939. The summed E-state index contributed by atoms with van der Waals surface area (Å²) in [4.78, 5) is 11.7. The van der Waals surface area contributed by atoms with Gasteiger partial charge in [-0.3, -0.25) is 4.79 Å². The molecule has 0 aliphatic carbocycles. The van der Waals surface area contributed by atoms with E-state index in [1.165, 1.54) is 0 Å². The molecule has 0 radical (unpaired) electrons. The molecule has 0 spiro atoms. The van der Waals surface area contributed by atoms with Gasteiger partial charge < -0.3 is 15.4 Å². The molecule has 4 nitrogen and oxygen atoms in total. The molecule has 1 unspecified atom stereocenters. The van der Waals surface area contributed by atoms with Crippen molar-refractivity contribution in [2.45, 2.75) is 13.1 Å². The quantitative estimate of drug-likeness (QED) is 0.821. The number of carbonyl (C=O) groups excluding carboxylic acids is 1. The fraction of sp³-hybridized carbons (Fsp3) is 0.300. The van der Waals surface area contributed by atoms with Crippen LogP contribution < -0.4 is 15.4 Å². The van der Waals surface area contributed by atoms with Gasteiger partial charge in [0, 0.05) is 6.07 Å². The molecule has 0 saturated heterocycles. The Morgan fingerprint density at radius 1 is 1.53 bits per heavy atom. The number of fused-ring (bicyclic) bond motifs is 1. The third-order valence-corrected chi connectivity index (χ3v) is 2.78. The van der Waals surface area contributed by atoms with Crippen LogP contribution in [0.1, 0.15) is 18.7 Å². The van der Waals surface area contributed by atoms with Crippen LogP contribution in [0.3, 0.4) is 0 Å². The van der Waals surface area contributed by atoms with E-state index < -0.39 is 6.14 Å². The highest BCUT2D eigenvalue weighted by atomic mass is 79.9. The van der Waals surface area contributed by atoms with Gasteiger partial charge in [-0.25, -0.2) is 0 Å². The van der Waals surface area contributed by atoms with Crippen LogP contribution in [0.25, 0.3) is 0 Å². The number of carbonyl (C=O) groups is 1. The van der Waals surface area contributed by atoms with Crippen LogP contribution in [-0.4, -0.2) is 19.2 Å². The Labute approximate surface area is 97.5 Å². The van der Waals surface area contributed by atoms with Gasteiger partial charge in [0.15, 0.2) is 0 Å². The maximum Gasteiger partial charge on any atom is 0.255 e. The molecule has 1 aromatic rings. The molecule has 1 aromatic carbocycles. The number of methoxy groups -OCH3 is 1. The van der Waals surface area contributed by atoms with E-state index in [0.29, 0.717) is 21.5 Å². The largest absolute Gasteiger partial charge is 0.495 e. The number of amides is 1. The summed E-state index contributed by atoms with van der Waals surface area (Å²) in [7, 11) is 1.55. The summed E-state index contributed by atoms with van der Waals surface area (Å²) < 4.78 is 13.6. The lowest BCUT2D eigenvalue weighted by Crippen LogP contribution is -2.42. The number of halogens is 1. The van der Waals surface area contributed by atoms with Crippen LogP contribution in [0, 0.1) is 0 Å². The Kier molecular flexibility index (Phi) is 2.25. The van der Waals surface area contributed by atoms with Gasteiger partial charge in [0.05, 0.1) is 30.3 Å². The van der Waals surface area contributed by atoms with E-state index in [4.69, 9.17) is 6.11 Å². The van der Waals surface area contributed by atoms with E-state index in [0.717, 1.165) is 0 Å². The first-order valence-corrected chi connectivity index (χ1v) is 5.20. The van der Waals surface area contributed by atoms with Gasteiger partial charge in [0.2, 0.25) is 0 Å². The maximum atomic E-state index is 11.7. The zero-order chi connectivity index (χ0) is 11.9. The molecule has 0 bridgehead atoms. The van der Waals surface area contributed by atoms with Crippen LogP contribution in [0.15, 0.2) is 16.6 Å². The molecule has 15 heavy (non-hydrogen) atoms. The van der Waals surface area contributed by atoms with Gasteiger partial charge in [-0.15, -0.1) is 0 Å². The van der Waals surface area contributed by atoms with Crippen LogP contribution in [0.2, 0.25) is 0 Å². The first-order valence-electron chi connectivity index (χ1n) is 4.91. The molecular formula is C10H11BrN2O2. The second-order valence-electron chi connectivity index (χ2n) is 3.24. The minimum atomic E-state index is -1.19. The Morgan fingerprint density at radius 3 is 2.93 bits per heavy atom. The first-order chi connectivity index (χ1) is 7.43. The molecule has 0 saturated carbocycles. The molecular weight excluding hydrogens is 260 g/mol. The Hall–Kier alpha value is -1.23. The van der Waals surface area contributed by atoms with Crippen LogP contribution in [0.4, 0.5) is 5.69 Å². The summed E-state index contributed by atoms with van der Waals surface area (Å²) in [6.45, 7) is 1.57. The summed E-state index contributed by atoms with van der Waals surface area (Å²) in [5, 5.41) is 5.43. The van der Waals surface area contributed by atoms with E-state index in [2.05, 4.69) is 26.6 Å². The summed E-state index contributed by atoms with van der Waals surface area (Å²) in [5.74, 6) is 0.353. The van der Waals surface area contributed by atoms with Crippen molar-refractivity contribution in [3.63, 3.8) is 0 Å². The minimum absolute atomic E-state index is 0.269. The molecule has 0 fully saturated rings. The second kappa shape index (κ2) is 3.73. The Balaban J connectivity index is 2.54. The van der Waals surface area contributed by atoms with E-state index in [-0.39, 0.29) is 5.91 Å². The van der Waals surface area contributed by atoms with Gasteiger partial charge in [0.25, 0.3) is 5.91 Å². The van der Waals surface area contributed by atoms with E-state index in [1.807, 2.05) is 0 Å². The van der Waals surface area contributed by atoms with E-state index in [9.17, 15) is 4.79 Å². The van der Waals surface area contributed by atoms with Crippen LogP contribution >= 0.6 is 15.9 Å². The SMILES string of the molecule is [2H]C1(C)NC(=O)c2cc(Br)c(OC)cc2N1. The van der Waals surface area contributed by atoms with Gasteiger partial charge in [-0.1, -0.05) is 0 Å². The lowest BCUT2D eigenvalue weighted by atomic mass is 10.1. The van der Waals surface area contributed by atoms with Crippen molar-refractivity contribution >= 4 is 27.5 Å². The molecule has 1 aliphatic heterocycles. The van der Waals surface area contributed by atoms with Crippen molar-refractivity contribution in [1.82, 2.24) is 5.32 Å². The number of hydrogen-bond donors (Lipinski definition) is 2. The van der Waals surface area contributed by atoms with E-state index in [1.54, 1.807) is 26.2 Å². The molecule has 5 heteroatoms. The van der Waals surface area contributed by atoms with Crippen molar-refractivity contribution in [2.75, 3.05) is 12.4 Å². The van der Waals surface area contributed by atoms with Crippen LogP contribution in [-0.2, 0) is 0 Å². The molecule has 2 rings (SSSR count). The number of nitrogens with one attached hydrogen (secondary N) is 2. The smallest absolute Gasteiger partial charge is 0.255 e. The number of benzene rings is 1. The highest BCUT2D eigenvalue weighted by Gasteiger charge is 2.22. The van der Waals surface area contributed by atoms with Gasteiger partial charge in [-0.2, -0.15) is 0 Å². The third-order valence-electron chi connectivity index (χ3n) is 2.16. The zero-order valence-corrected chi connectivity index (χ0v) is 9.94. The van der Waals surface area contributed by atoms with Gasteiger partial charge >= 0.3 is 0 Å². The fourth-order valence-corrected chi connectivity index (χ4v) is 1.98. The third kappa shape index (κ3) is 1.79. The maximum absolute atomic E-state index is 11.7. The van der Waals surface area contributed by atoms with Gasteiger partial charge in [-0.05, 0) is 28.9 Å². The van der Waals surface area contributed by atoms with Crippen molar-refractivity contribution in [1.29, 1.82) is 0 Å². The second-order valence-corrected chi connectivity index (χ2v) is 4.09. The molecule has 1 amide bonds. The van der Waals surface area contributed by atoms with Crippen LogP contribution in [0.5, 0.6) is 5.75 Å². The predicted octanol–water partition coefficient (Wildman–Crippen LogP) is 1.96. The number of hydrogen-bond acceptors (Lipinski definition) is 3. The average Bonchev–Trinajstić information content (AvgIpc) is 2.17. The molecule has 1 atom stereocenters. The average molecular weight is 272 g/mol. The minimum Gasteiger partial charge on any atom is -0.495 e. The topological polar surface area (TPSA) is 50.4 Å². The monoisotopic (exact) mass is 271 g/mol. The highest BCUT2D eigenvalue weighted by Crippen LogP contribution is 2.32. The fourth-order valence-electron chi connectivity index (χ4n) is 1.47. The zero-order valence-electron chi connectivity index (χ0n) is 9.35. The number of rotatable bonds is 1.